The number of rotatable bonds is 3. The molecule has 1 aromatic carbocycles. The number of carboxylic acids is 1. The van der Waals surface area contributed by atoms with Crippen molar-refractivity contribution >= 4 is 27.0 Å². The van der Waals surface area contributed by atoms with Crippen LogP contribution in [0, 0.1) is 0 Å². The van der Waals surface area contributed by atoms with E-state index < -0.39 is 21.8 Å². The number of ether oxygens (including phenoxy) is 1. The van der Waals surface area contributed by atoms with Crippen molar-refractivity contribution in [2.75, 3.05) is 26.3 Å². The molecule has 2 N–H and O–H groups in total. The topological polar surface area (TPSA) is 122 Å². The highest BCUT2D eigenvalue weighted by molar-refractivity contribution is 7.89. The van der Waals surface area contributed by atoms with Crippen molar-refractivity contribution in [3.63, 3.8) is 0 Å². The number of benzene rings is 1. The molecule has 10 heteroatoms. The summed E-state index contributed by atoms with van der Waals surface area (Å²) in [6, 6.07) is 3.91. The van der Waals surface area contributed by atoms with Crippen LogP contribution in [0.2, 0.25) is 0 Å². The lowest BCUT2D eigenvalue weighted by Gasteiger charge is -2.26. The van der Waals surface area contributed by atoms with Gasteiger partial charge in [-0.3, -0.25) is 0 Å². The first kappa shape index (κ1) is 14.8. The van der Waals surface area contributed by atoms with Crippen molar-refractivity contribution in [3.8, 4) is 0 Å². The van der Waals surface area contributed by atoms with Crippen LogP contribution in [0.25, 0.3) is 11.0 Å². The molecule has 0 amide bonds. The maximum Gasteiger partial charge on any atom is 0.375 e. The predicted molar refractivity (Wildman–Crippen MR) is 73.5 cm³/mol. The quantitative estimate of drug-likeness (QED) is 0.760. The Kier molecular flexibility index (Phi) is 3.51. The first-order valence-corrected chi connectivity index (χ1v) is 7.88. The molecule has 1 aromatic heterocycles. The number of hydrogen-bond donors (Lipinski definition) is 2. The third kappa shape index (κ3) is 2.30. The van der Waals surface area contributed by atoms with Gasteiger partial charge in [-0.25, -0.2) is 18.2 Å². The number of aromatic nitrogens is 2. The molecule has 1 fully saturated rings. The number of carbonyl (C=O) groups is 1. The summed E-state index contributed by atoms with van der Waals surface area (Å²) in [6.45, 7) is 1.14. The van der Waals surface area contributed by atoms with Gasteiger partial charge in [0.1, 0.15) is 5.52 Å². The molecule has 3 rings (SSSR count). The number of sulfonamides is 1. The predicted octanol–water partition coefficient (Wildman–Crippen LogP) is -0.00730. The number of morpholine rings is 1. The Labute approximate surface area is 125 Å². The molecule has 118 valence electrons. The summed E-state index contributed by atoms with van der Waals surface area (Å²) < 4.78 is 31.8. The lowest BCUT2D eigenvalue weighted by molar-refractivity contribution is 0.0639. The van der Waals surface area contributed by atoms with E-state index in [1.165, 1.54) is 22.5 Å². The first-order valence-electron chi connectivity index (χ1n) is 6.44. The monoisotopic (exact) mass is 327 g/mol. The van der Waals surface area contributed by atoms with Crippen LogP contribution in [0.5, 0.6) is 0 Å². The van der Waals surface area contributed by atoms with E-state index in [4.69, 9.17) is 9.84 Å². The summed E-state index contributed by atoms with van der Waals surface area (Å²) in [5, 5.41) is 18.7. The zero-order valence-corrected chi connectivity index (χ0v) is 12.2. The van der Waals surface area contributed by atoms with Gasteiger partial charge in [-0.05, 0) is 18.2 Å². The normalized spacial score (nSPS) is 16.9. The van der Waals surface area contributed by atoms with Gasteiger partial charge in [0.15, 0.2) is 0 Å². The summed E-state index contributed by atoms with van der Waals surface area (Å²) in [6.07, 6.45) is 0. The summed E-state index contributed by atoms with van der Waals surface area (Å²) >= 11 is 0. The fourth-order valence-electron chi connectivity index (χ4n) is 2.28. The molecular formula is C12H13N3O6S. The van der Waals surface area contributed by atoms with E-state index in [0.29, 0.717) is 17.9 Å². The lowest BCUT2D eigenvalue weighted by atomic mass is 10.3. The zero-order chi connectivity index (χ0) is 15.9. The van der Waals surface area contributed by atoms with Gasteiger partial charge >= 0.3 is 5.97 Å². The van der Waals surface area contributed by atoms with Gasteiger partial charge in [0, 0.05) is 13.1 Å². The van der Waals surface area contributed by atoms with E-state index in [9.17, 15) is 18.4 Å². The summed E-state index contributed by atoms with van der Waals surface area (Å²) in [5.74, 6) is -1.98. The summed E-state index contributed by atoms with van der Waals surface area (Å²) in [7, 11) is -3.73. The molecule has 2 aromatic rings. The van der Waals surface area contributed by atoms with E-state index >= 15 is 0 Å². The number of nitrogens with zero attached hydrogens (tertiary/aromatic N) is 3. The van der Waals surface area contributed by atoms with E-state index in [0.717, 1.165) is 0 Å². The minimum Gasteiger partial charge on any atom is -0.475 e. The molecule has 1 saturated heterocycles. The minimum absolute atomic E-state index is 0.0201. The third-order valence-electron chi connectivity index (χ3n) is 3.40. The second-order valence-electron chi connectivity index (χ2n) is 4.72. The highest BCUT2D eigenvalue weighted by atomic mass is 32.2. The fraction of sp³-hybridized carbons (Fsp3) is 0.333. The molecule has 9 nitrogen and oxygen atoms in total. The Balaban J connectivity index is 2.08. The van der Waals surface area contributed by atoms with Crippen LogP contribution in [0.4, 0.5) is 0 Å². The highest BCUT2D eigenvalue weighted by Gasteiger charge is 2.27. The van der Waals surface area contributed by atoms with Gasteiger partial charge < -0.3 is 15.1 Å². The molecule has 0 unspecified atom stereocenters. The van der Waals surface area contributed by atoms with Crippen molar-refractivity contribution in [1.82, 2.24) is 14.0 Å². The average Bonchev–Trinajstić information content (AvgIpc) is 2.85. The largest absolute Gasteiger partial charge is 0.475 e. The van der Waals surface area contributed by atoms with Gasteiger partial charge in [-0.15, -0.1) is 0 Å². The van der Waals surface area contributed by atoms with Crippen molar-refractivity contribution in [1.29, 1.82) is 0 Å². The SMILES string of the molecule is O=C(O)c1nc2ccc(S(=O)(=O)N3CCOCC3)cc2n1O. The van der Waals surface area contributed by atoms with Crippen LogP contribution in [-0.2, 0) is 14.8 Å². The van der Waals surface area contributed by atoms with Crippen molar-refractivity contribution in [3.05, 3.63) is 24.0 Å². The van der Waals surface area contributed by atoms with Gasteiger partial charge in [0.05, 0.1) is 23.6 Å². The molecule has 0 radical (unpaired) electrons. The Morgan fingerprint density at radius 1 is 1.27 bits per heavy atom. The van der Waals surface area contributed by atoms with Crippen molar-refractivity contribution in [2.45, 2.75) is 4.90 Å². The summed E-state index contributed by atoms with van der Waals surface area (Å²) in [4.78, 5) is 14.6. The maximum atomic E-state index is 12.5. The number of imidazole rings is 1. The van der Waals surface area contributed by atoms with Gasteiger partial charge in [-0.2, -0.15) is 9.04 Å². The van der Waals surface area contributed by atoms with Crippen molar-refractivity contribution in [2.24, 2.45) is 0 Å². The lowest BCUT2D eigenvalue weighted by Crippen LogP contribution is -2.40. The Morgan fingerprint density at radius 2 is 1.95 bits per heavy atom. The molecular weight excluding hydrogens is 314 g/mol. The van der Waals surface area contributed by atoms with Crippen LogP contribution in [-0.4, -0.2) is 65.0 Å². The number of hydrogen-bond acceptors (Lipinski definition) is 6. The average molecular weight is 327 g/mol. The van der Waals surface area contributed by atoms with Crippen LogP contribution < -0.4 is 0 Å². The molecule has 1 aliphatic heterocycles. The number of fused-ring (bicyclic) bond motifs is 1. The van der Waals surface area contributed by atoms with Crippen LogP contribution in [0.15, 0.2) is 23.1 Å². The molecule has 0 aliphatic carbocycles. The Bertz CT molecular complexity index is 838. The maximum absolute atomic E-state index is 12.5. The van der Waals surface area contributed by atoms with E-state index in [2.05, 4.69) is 4.98 Å². The molecule has 0 atom stereocenters. The molecule has 2 heterocycles. The van der Waals surface area contributed by atoms with Gasteiger partial charge in [0.25, 0.3) is 5.82 Å². The van der Waals surface area contributed by atoms with Crippen LogP contribution >= 0.6 is 0 Å². The van der Waals surface area contributed by atoms with Crippen molar-refractivity contribution < 1.29 is 28.3 Å². The molecule has 0 saturated carbocycles. The molecule has 0 spiro atoms. The summed E-state index contributed by atoms with van der Waals surface area (Å²) in [5.41, 5.74) is 0.215. The van der Waals surface area contributed by atoms with E-state index in [1.54, 1.807) is 0 Å². The molecule has 1 aliphatic rings. The highest BCUT2D eigenvalue weighted by Crippen LogP contribution is 2.23. The van der Waals surface area contributed by atoms with Crippen LogP contribution in [0.3, 0.4) is 0 Å². The van der Waals surface area contributed by atoms with Gasteiger partial charge in [0.2, 0.25) is 10.0 Å². The molecule has 0 bridgehead atoms. The first-order chi connectivity index (χ1) is 10.4. The molecule has 22 heavy (non-hydrogen) atoms. The smallest absolute Gasteiger partial charge is 0.375 e. The number of aromatic carboxylic acids is 1. The standard InChI is InChI=1S/C12H13N3O6S/c16-12(17)11-13-9-2-1-8(7-10(9)15(11)18)22(19,20)14-3-5-21-6-4-14/h1-2,7,18H,3-6H2,(H,16,17). The Hall–Kier alpha value is -2.17. The van der Waals surface area contributed by atoms with E-state index in [1.807, 2.05) is 0 Å². The van der Waals surface area contributed by atoms with Crippen LogP contribution in [0.1, 0.15) is 10.6 Å². The fourth-order valence-corrected chi connectivity index (χ4v) is 3.71. The Morgan fingerprint density at radius 3 is 2.59 bits per heavy atom. The zero-order valence-electron chi connectivity index (χ0n) is 11.3. The minimum atomic E-state index is -3.73. The second-order valence-corrected chi connectivity index (χ2v) is 6.66. The number of carboxylic acid groups (broad SMARTS) is 1. The second kappa shape index (κ2) is 5.23. The van der Waals surface area contributed by atoms with Gasteiger partial charge in [-0.1, -0.05) is 0 Å². The third-order valence-corrected chi connectivity index (χ3v) is 5.30. The van der Waals surface area contributed by atoms with E-state index in [-0.39, 0.29) is 29.0 Å².